The molecule has 0 aromatic heterocycles. The van der Waals surface area contributed by atoms with Crippen molar-refractivity contribution in [3.8, 4) is 5.75 Å². The second-order valence-corrected chi connectivity index (χ2v) is 12.3. The van der Waals surface area contributed by atoms with E-state index in [4.69, 9.17) is 16.3 Å². The molecule has 2 aliphatic rings. The topological polar surface area (TPSA) is 49.9 Å². The highest BCUT2D eigenvalue weighted by Gasteiger charge is 2.38. The van der Waals surface area contributed by atoms with Gasteiger partial charge in [-0.2, -0.15) is 0 Å². The van der Waals surface area contributed by atoms with Crippen LogP contribution in [0.2, 0.25) is 5.02 Å². The maximum atomic E-state index is 14.0. The predicted molar refractivity (Wildman–Crippen MR) is 150 cm³/mol. The molecule has 2 fully saturated rings. The van der Waals surface area contributed by atoms with Crippen LogP contribution >= 0.6 is 11.6 Å². The van der Waals surface area contributed by atoms with Crippen molar-refractivity contribution in [3.05, 3.63) is 89.4 Å². The molecule has 3 aromatic carbocycles. The summed E-state index contributed by atoms with van der Waals surface area (Å²) in [7, 11) is -2.20. The minimum atomic E-state index is -3.77. The molecule has 1 heterocycles. The van der Waals surface area contributed by atoms with E-state index >= 15 is 0 Å². The van der Waals surface area contributed by atoms with Crippen LogP contribution in [0.15, 0.2) is 83.8 Å². The van der Waals surface area contributed by atoms with Gasteiger partial charge in [0.2, 0.25) is 0 Å². The summed E-state index contributed by atoms with van der Waals surface area (Å²) in [5.74, 6) is 1.17. The largest absolute Gasteiger partial charge is 0.497 e. The number of piperidine rings is 1. The summed E-state index contributed by atoms with van der Waals surface area (Å²) >= 11 is 6.15. The normalized spacial score (nSPS) is 21.5. The third kappa shape index (κ3) is 5.66. The molecule has 1 saturated heterocycles. The Labute approximate surface area is 226 Å². The third-order valence-electron chi connectivity index (χ3n) is 7.95. The summed E-state index contributed by atoms with van der Waals surface area (Å²) in [6.07, 6.45) is 6.53. The average Bonchev–Trinajstić information content (AvgIpc) is 2.95. The van der Waals surface area contributed by atoms with Crippen molar-refractivity contribution in [2.75, 3.05) is 24.5 Å². The van der Waals surface area contributed by atoms with E-state index in [1.165, 1.54) is 31.2 Å². The summed E-state index contributed by atoms with van der Waals surface area (Å²) in [5.41, 5.74) is 2.08. The van der Waals surface area contributed by atoms with Crippen LogP contribution in [0.1, 0.15) is 50.0 Å². The Bertz CT molecular complexity index is 1260. The Balaban J connectivity index is 1.38. The zero-order valence-corrected chi connectivity index (χ0v) is 22.9. The molecular formula is C30H35ClN2O3S. The second kappa shape index (κ2) is 11.5. The Morgan fingerprint density at radius 3 is 2.14 bits per heavy atom. The Hall–Kier alpha value is -2.54. The molecule has 1 aliphatic carbocycles. The number of benzene rings is 3. The van der Waals surface area contributed by atoms with Crippen molar-refractivity contribution >= 4 is 27.3 Å². The SMILES string of the molecule is COc1ccc(S(=O)(=O)N(c2ccc(Cl)cc2)C2CCN([C@@H]3CCCC[C@@H]3c3ccccc3)CC2)cc1. The summed E-state index contributed by atoms with van der Waals surface area (Å²) in [6.45, 7) is 1.78. The van der Waals surface area contributed by atoms with Gasteiger partial charge in [0.05, 0.1) is 17.7 Å². The standard InChI is InChI=1S/C30H35ClN2O3S/c1-36-27-15-17-28(18-16-27)37(34,35)33(25-13-11-24(31)12-14-25)26-19-21-32(22-20-26)30-10-6-5-9-29(30)23-7-3-2-4-8-23/h2-4,7-8,11-18,26,29-30H,5-6,9-10,19-22H2,1H3/t29-,30-/m1/s1. The van der Waals surface area contributed by atoms with E-state index in [1.54, 1.807) is 47.8 Å². The van der Waals surface area contributed by atoms with Crippen LogP contribution in [0, 0.1) is 0 Å². The molecule has 0 bridgehead atoms. The van der Waals surface area contributed by atoms with Gasteiger partial charge in [-0.25, -0.2) is 8.42 Å². The van der Waals surface area contributed by atoms with Gasteiger partial charge in [0.25, 0.3) is 10.0 Å². The average molecular weight is 539 g/mol. The molecule has 0 spiro atoms. The van der Waals surface area contributed by atoms with Crippen molar-refractivity contribution in [2.24, 2.45) is 0 Å². The Morgan fingerprint density at radius 2 is 1.49 bits per heavy atom. The van der Waals surface area contributed by atoms with Gasteiger partial charge in [-0.15, -0.1) is 0 Å². The van der Waals surface area contributed by atoms with Gasteiger partial charge in [0.1, 0.15) is 5.75 Å². The highest BCUT2D eigenvalue weighted by molar-refractivity contribution is 7.92. The Morgan fingerprint density at radius 1 is 0.838 bits per heavy atom. The summed E-state index contributed by atoms with van der Waals surface area (Å²) < 4.78 is 34.8. The molecule has 0 radical (unpaired) electrons. The number of ether oxygens (including phenoxy) is 1. The lowest BCUT2D eigenvalue weighted by Crippen LogP contribution is -2.51. The molecule has 5 rings (SSSR count). The molecule has 7 heteroatoms. The maximum Gasteiger partial charge on any atom is 0.264 e. The molecule has 0 unspecified atom stereocenters. The number of halogens is 1. The number of rotatable bonds is 7. The predicted octanol–water partition coefficient (Wildman–Crippen LogP) is 6.73. The molecule has 0 N–H and O–H groups in total. The van der Waals surface area contributed by atoms with Gasteiger partial charge in [-0.05, 0) is 85.7 Å². The monoisotopic (exact) mass is 538 g/mol. The number of anilines is 1. The molecule has 1 aliphatic heterocycles. The van der Waals surface area contributed by atoms with Crippen LogP contribution < -0.4 is 9.04 Å². The fraction of sp³-hybridized carbons (Fsp3) is 0.400. The first kappa shape index (κ1) is 26.1. The summed E-state index contributed by atoms with van der Waals surface area (Å²) in [5, 5.41) is 0.588. The van der Waals surface area contributed by atoms with E-state index in [9.17, 15) is 8.42 Å². The van der Waals surface area contributed by atoms with Crippen molar-refractivity contribution < 1.29 is 13.2 Å². The van der Waals surface area contributed by atoms with Gasteiger partial charge in [0.15, 0.2) is 0 Å². The number of hydrogen-bond donors (Lipinski definition) is 0. The lowest BCUT2D eigenvalue weighted by molar-refractivity contribution is 0.107. The first-order valence-corrected chi connectivity index (χ1v) is 15.0. The van der Waals surface area contributed by atoms with E-state index in [1.807, 2.05) is 12.1 Å². The van der Waals surface area contributed by atoms with Crippen LogP contribution in [0.4, 0.5) is 5.69 Å². The number of hydrogen-bond acceptors (Lipinski definition) is 4. The molecule has 37 heavy (non-hydrogen) atoms. The molecule has 5 nitrogen and oxygen atoms in total. The molecule has 0 amide bonds. The van der Waals surface area contributed by atoms with Crippen LogP contribution in [0.25, 0.3) is 0 Å². The van der Waals surface area contributed by atoms with E-state index in [0.29, 0.717) is 28.4 Å². The molecule has 196 valence electrons. The fourth-order valence-corrected chi connectivity index (χ4v) is 7.92. The van der Waals surface area contributed by atoms with E-state index in [2.05, 4.69) is 35.2 Å². The first-order chi connectivity index (χ1) is 18.0. The molecule has 3 aromatic rings. The van der Waals surface area contributed by atoms with Gasteiger partial charge < -0.3 is 4.74 Å². The van der Waals surface area contributed by atoms with Gasteiger partial charge >= 0.3 is 0 Å². The minimum absolute atomic E-state index is 0.122. The lowest BCUT2D eigenvalue weighted by atomic mass is 9.78. The quantitative estimate of drug-likeness (QED) is 0.334. The first-order valence-electron chi connectivity index (χ1n) is 13.2. The van der Waals surface area contributed by atoms with Crippen LogP contribution in [0.5, 0.6) is 5.75 Å². The minimum Gasteiger partial charge on any atom is -0.497 e. The van der Waals surface area contributed by atoms with E-state index in [-0.39, 0.29) is 10.9 Å². The van der Waals surface area contributed by atoms with Crippen molar-refractivity contribution in [3.63, 3.8) is 0 Å². The van der Waals surface area contributed by atoms with Crippen LogP contribution in [-0.2, 0) is 10.0 Å². The van der Waals surface area contributed by atoms with Crippen molar-refractivity contribution in [1.82, 2.24) is 4.90 Å². The Kier molecular flexibility index (Phi) is 8.08. The molecule has 2 atom stereocenters. The van der Waals surface area contributed by atoms with Crippen LogP contribution in [0.3, 0.4) is 0 Å². The third-order valence-corrected chi connectivity index (χ3v) is 10.1. The molecule has 1 saturated carbocycles. The van der Waals surface area contributed by atoms with Crippen molar-refractivity contribution in [1.29, 1.82) is 0 Å². The highest BCUT2D eigenvalue weighted by Crippen LogP contribution is 2.39. The number of sulfonamides is 1. The van der Waals surface area contributed by atoms with Gasteiger partial charge in [-0.1, -0.05) is 54.8 Å². The number of likely N-dealkylation sites (tertiary alicyclic amines) is 1. The fourth-order valence-electron chi connectivity index (χ4n) is 6.08. The zero-order valence-electron chi connectivity index (χ0n) is 21.3. The van der Waals surface area contributed by atoms with Crippen LogP contribution in [-0.4, -0.2) is 45.6 Å². The molecular weight excluding hydrogens is 504 g/mol. The van der Waals surface area contributed by atoms with Gasteiger partial charge in [0, 0.05) is 30.2 Å². The number of methoxy groups -OCH3 is 1. The smallest absolute Gasteiger partial charge is 0.264 e. The number of nitrogens with zero attached hydrogens (tertiary/aromatic N) is 2. The lowest BCUT2D eigenvalue weighted by Gasteiger charge is -2.45. The van der Waals surface area contributed by atoms with Crippen molar-refractivity contribution in [2.45, 2.75) is 61.4 Å². The van der Waals surface area contributed by atoms with E-state index in [0.717, 1.165) is 25.9 Å². The van der Waals surface area contributed by atoms with E-state index < -0.39 is 10.0 Å². The zero-order chi connectivity index (χ0) is 25.8. The summed E-state index contributed by atoms with van der Waals surface area (Å²) in [4.78, 5) is 2.88. The highest BCUT2D eigenvalue weighted by atomic mass is 35.5. The second-order valence-electron chi connectivity index (χ2n) is 10.1. The summed E-state index contributed by atoms with van der Waals surface area (Å²) in [6, 6.07) is 25.1. The van der Waals surface area contributed by atoms with Gasteiger partial charge in [-0.3, -0.25) is 9.21 Å². The maximum absolute atomic E-state index is 14.0.